The molecule has 0 fully saturated rings. The van der Waals surface area contributed by atoms with E-state index in [2.05, 4.69) is 4.72 Å². The Hall–Kier alpha value is -1.95. The molecule has 0 radical (unpaired) electrons. The van der Waals surface area contributed by atoms with Crippen molar-refractivity contribution in [1.82, 2.24) is 0 Å². The van der Waals surface area contributed by atoms with Crippen molar-refractivity contribution in [2.24, 2.45) is 0 Å². The van der Waals surface area contributed by atoms with Crippen molar-refractivity contribution in [3.05, 3.63) is 88.4 Å². The highest BCUT2D eigenvalue weighted by Gasteiger charge is 2.18. The Balaban J connectivity index is 1.83. The van der Waals surface area contributed by atoms with Crippen molar-refractivity contribution in [2.75, 3.05) is 4.72 Å². The maximum atomic E-state index is 12.9. The van der Waals surface area contributed by atoms with Gasteiger partial charge in [-0.3, -0.25) is 4.72 Å². The molecular weight excluding hydrogens is 398 g/mol. The van der Waals surface area contributed by atoms with Gasteiger partial charge in [0.25, 0.3) is 10.0 Å². The van der Waals surface area contributed by atoms with Crippen LogP contribution in [0, 0.1) is 13.8 Å². The van der Waals surface area contributed by atoms with Crippen LogP contribution in [0.25, 0.3) is 0 Å². The number of para-hydroxylation sites is 1. The lowest BCUT2D eigenvalue weighted by Crippen LogP contribution is -2.15. The van der Waals surface area contributed by atoms with Gasteiger partial charge in [-0.2, -0.15) is 0 Å². The van der Waals surface area contributed by atoms with E-state index in [1.165, 1.54) is 0 Å². The van der Waals surface area contributed by atoms with E-state index >= 15 is 0 Å². The van der Waals surface area contributed by atoms with Gasteiger partial charge in [0.05, 0.1) is 10.6 Å². The van der Waals surface area contributed by atoms with Gasteiger partial charge in [-0.05, 0) is 60.9 Å². The third-order valence-corrected chi connectivity index (χ3v) is 6.98. The first kappa shape index (κ1) is 19.8. The summed E-state index contributed by atoms with van der Waals surface area (Å²) in [5, 5.41) is 0.699. The molecule has 0 unspecified atom stereocenters. The minimum atomic E-state index is -3.66. The number of aryl methyl sites for hydroxylation is 2. The molecule has 1 N–H and O–H groups in total. The van der Waals surface area contributed by atoms with Gasteiger partial charge in [0, 0.05) is 15.7 Å². The first-order valence-corrected chi connectivity index (χ1v) is 11.3. The molecule has 27 heavy (non-hydrogen) atoms. The Morgan fingerprint density at radius 2 is 1.67 bits per heavy atom. The molecular formula is C21H20ClNO2S2. The Morgan fingerprint density at radius 1 is 0.963 bits per heavy atom. The number of rotatable bonds is 6. The number of nitrogens with one attached hydrogen (secondary N) is 1. The first-order chi connectivity index (χ1) is 12.8. The molecule has 3 aromatic carbocycles. The SMILES string of the molecule is Cc1ccc(C)c(S(=O)(=O)Nc2ccccc2SCc2ccc(Cl)cc2)c1. The van der Waals surface area contributed by atoms with Crippen LogP contribution in [0.2, 0.25) is 5.02 Å². The third-order valence-electron chi connectivity index (χ3n) is 4.07. The summed E-state index contributed by atoms with van der Waals surface area (Å²) in [6, 6.07) is 20.5. The van der Waals surface area contributed by atoms with Crippen LogP contribution in [0.5, 0.6) is 0 Å². The summed E-state index contributed by atoms with van der Waals surface area (Å²) in [7, 11) is -3.66. The van der Waals surface area contributed by atoms with Gasteiger partial charge in [-0.1, -0.05) is 48.0 Å². The molecule has 0 aliphatic rings. The van der Waals surface area contributed by atoms with E-state index in [0.717, 1.165) is 27.3 Å². The molecule has 3 aromatic rings. The minimum Gasteiger partial charge on any atom is -0.278 e. The molecule has 0 saturated heterocycles. The van der Waals surface area contributed by atoms with Gasteiger partial charge in [0.15, 0.2) is 0 Å². The van der Waals surface area contributed by atoms with Crippen LogP contribution in [0.3, 0.4) is 0 Å². The maximum Gasteiger partial charge on any atom is 0.262 e. The van der Waals surface area contributed by atoms with Crippen LogP contribution >= 0.6 is 23.4 Å². The molecule has 0 atom stereocenters. The number of benzene rings is 3. The van der Waals surface area contributed by atoms with Gasteiger partial charge in [-0.25, -0.2) is 8.42 Å². The number of thioether (sulfide) groups is 1. The van der Waals surface area contributed by atoms with Gasteiger partial charge >= 0.3 is 0 Å². The number of anilines is 1. The Bertz CT molecular complexity index is 1050. The van der Waals surface area contributed by atoms with Crippen LogP contribution in [-0.4, -0.2) is 8.42 Å². The zero-order valence-electron chi connectivity index (χ0n) is 15.1. The van der Waals surface area contributed by atoms with E-state index in [-0.39, 0.29) is 0 Å². The zero-order chi connectivity index (χ0) is 19.4. The van der Waals surface area contributed by atoms with Crippen molar-refractivity contribution >= 4 is 39.1 Å². The second-order valence-electron chi connectivity index (χ2n) is 6.29. The fourth-order valence-corrected chi connectivity index (χ4v) is 5.18. The lowest BCUT2D eigenvalue weighted by molar-refractivity contribution is 0.600. The van der Waals surface area contributed by atoms with E-state index in [1.807, 2.05) is 61.5 Å². The molecule has 0 aliphatic carbocycles. The van der Waals surface area contributed by atoms with E-state index in [9.17, 15) is 8.42 Å². The molecule has 0 heterocycles. The van der Waals surface area contributed by atoms with E-state index in [0.29, 0.717) is 15.6 Å². The first-order valence-electron chi connectivity index (χ1n) is 8.41. The van der Waals surface area contributed by atoms with Crippen LogP contribution < -0.4 is 4.72 Å². The fraction of sp³-hybridized carbons (Fsp3) is 0.143. The number of halogens is 1. The molecule has 140 valence electrons. The molecule has 0 bridgehead atoms. The fourth-order valence-electron chi connectivity index (χ4n) is 2.62. The molecule has 0 amide bonds. The van der Waals surface area contributed by atoms with Crippen molar-refractivity contribution in [1.29, 1.82) is 0 Å². The predicted octanol–water partition coefficient (Wildman–Crippen LogP) is 6.05. The summed E-state index contributed by atoms with van der Waals surface area (Å²) in [6.07, 6.45) is 0. The topological polar surface area (TPSA) is 46.2 Å². The van der Waals surface area contributed by atoms with Crippen LogP contribution in [-0.2, 0) is 15.8 Å². The smallest absolute Gasteiger partial charge is 0.262 e. The van der Waals surface area contributed by atoms with Gasteiger partial charge < -0.3 is 0 Å². The van der Waals surface area contributed by atoms with Gasteiger partial charge in [-0.15, -0.1) is 11.8 Å². The van der Waals surface area contributed by atoms with Gasteiger partial charge in [0.1, 0.15) is 0 Å². The quantitative estimate of drug-likeness (QED) is 0.496. The van der Waals surface area contributed by atoms with Crippen LogP contribution in [0.1, 0.15) is 16.7 Å². The standard InChI is InChI=1S/C21H20ClNO2S2/c1-15-7-8-16(2)21(13-15)27(24,25)23-19-5-3-4-6-20(19)26-14-17-9-11-18(22)12-10-17/h3-13,23H,14H2,1-2H3. The van der Waals surface area contributed by atoms with E-state index in [1.54, 1.807) is 30.8 Å². The highest BCUT2D eigenvalue weighted by molar-refractivity contribution is 7.98. The Morgan fingerprint density at radius 3 is 2.41 bits per heavy atom. The highest BCUT2D eigenvalue weighted by Crippen LogP contribution is 2.32. The average Bonchev–Trinajstić information content (AvgIpc) is 2.64. The Kier molecular flexibility index (Phi) is 6.15. The lowest BCUT2D eigenvalue weighted by Gasteiger charge is -2.14. The maximum absolute atomic E-state index is 12.9. The molecule has 3 nitrogen and oxygen atoms in total. The second kappa shape index (κ2) is 8.38. The average molecular weight is 418 g/mol. The minimum absolute atomic E-state index is 0.306. The number of hydrogen-bond donors (Lipinski definition) is 1. The molecule has 0 aromatic heterocycles. The van der Waals surface area contributed by atoms with Crippen molar-refractivity contribution in [3.8, 4) is 0 Å². The summed E-state index contributed by atoms with van der Waals surface area (Å²) >= 11 is 7.50. The molecule has 6 heteroatoms. The molecule has 0 spiro atoms. The lowest BCUT2D eigenvalue weighted by atomic mass is 10.2. The highest BCUT2D eigenvalue weighted by atomic mass is 35.5. The number of hydrogen-bond acceptors (Lipinski definition) is 3. The predicted molar refractivity (Wildman–Crippen MR) is 114 cm³/mol. The summed E-state index contributed by atoms with van der Waals surface area (Å²) in [4.78, 5) is 1.18. The largest absolute Gasteiger partial charge is 0.278 e. The van der Waals surface area contributed by atoms with Crippen LogP contribution in [0.15, 0.2) is 76.5 Å². The molecule has 0 aliphatic heterocycles. The summed E-state index contributed by atoms with van der Waals surface area (Å²) in [5.41, 5.74) is 3.33. The monoisotopic (exact) mass is 417 g/mol. The number of sulfonamides is 1. The van der Waals surface area contributed by atoms with Gasteiger partial charge in [0.2, 0.25) is 0 Å². The van der Waals surface area contributed by atoms with Crippen molar-refractivity contribution in [3.63, 3.8) is 0 Å². The van der Waals surface area contributed by atoms with Crippen molar-refractivity contribution in [2.45, 2.75) is 29.4 Å². The Labute approximate surface area is 169 Å². The van der Waals surface area contributed by atoms with E-state index < -0.39 is 10.0 Å². The van der Waals surface area contributed by atoms with E-state index in [4.69, 9.17) is 11.6 Å². The third kappa shape index (κ3) is 5.06. The summed E-state index contributed by atoms with van der Waals surface area (Å²) in [5.74, 6) is 0.722. The van der Waals surface area contributed by atoms with Crippen molar-refractivity contribution < 1.29 is 8.42 Å². The summed E-state index contributed by atoms with van der Waals surface area (Å²) < 4.78 is 28.6. The second-order valence-corrected chi connectivity index (χ2v) is 9.39. The molecule has 0 saturated carbocycles. The zero-order valence-corrected chi connectivity index (χ0v) is 17.5. The van der Waals surface area contributed by atoms with Crippen LogP contribution in [0.4, 0.5) is 5.69 Å². The molecule has 3 rings (SSSR count). The summed E-state index contributed by atoms with van der Waals surface area (Å²) in [6.45, 7) is 3.68. The normalized spacial score (nSPS) is 11.4.